The van der Waals surface area contributed by atoms with Gasteiger partial charge < -0.3 is 18.6 Å². The lowest BCUT2D eigenvalue weighted by Gasteiger charge is -2.10. The molecule has 0 atom stereocenters. The van der Waals surface area contributed by atoms with E-state index in [0.717, 1.165) is 35.8 Å². The van der Waals surface area contributed by atoms with Crippen molar-refractivity contribution >= 4 is 22.7 Å². The van der Waals surface area contributed by atoms with Crippen molar-refractivity contribution < 1.29 is 28.2 Å². The predicted octanol–water partition coefficient (Wildman–Crippen LogP) is 3.91. The Morgan fingerprint density at radius 1 is 1.03 bits per heavy atom. The fraction of sp³-hybridized carbons (Fsp3) is 0.304. The molecule has 1 heterocycles. The summed E-state index contributed by atoms with van der Waals surface area (Å²) in [7, 11) is 2.99. The molecule has 4 rings (SSSR count). The third-order valence-electron chi connectivity index (χ3n) is 5.27. The average molecular weight is 394 g/mol. The first-order valence-corrected chi connectivity index (χ1v) is 9.51. The number of hydrogen-bond donors (Lipinski definition) is 0. The van der Waals surface area contributed by atoms with Crippen molar-refractivity contribution in [3.63, 3.8) is 0 Å². The van der Waals surface area contributed by atoms with E-state index in [1.165, 1.54) is 25.3 Å². The Bertz CT molecular complexity index is 1080. The molecule has 29 heavy (non-hydrogen) atoms. The summed E-state index contributed by atoms with van der Waals surface area (Å²) in [6.07, 6.45) is 4.91. The Morgan fingerprint density at radius 3 is 2.59 bits per heavy atom. The first-order chi connectivity index (χ1) is 14.1. The Hall–Kier alpha value is -3.28. The highest BCUT2D eigenvalue weighted by Gasteiger charge is 2.19. The summed E-state index contributed by atoms with van der Waals surface area (Å²) in [5, 5.41) is 0.934. The largest absolute Gasteiger partial charge is 0.497 e. The van der Waals surface area contributed by atoms with Crippen LogP contribution in [0.2, 0.25) is 0 Å². The number of ketones is 1. The molecule has 1 aromatic heterocycles. The van der Waals surface area contributed by atoms with Gasteiger partial charge in [-0.15, -0.1) is 0 Å². The highest BCUT2D eigenvalue weighted by atomic mass is 16.5. The van der Waals surface area contributed by atoms with E-state index < -0.39 is 5.97 Å². The van der Waals surface area contributed by atoms with Gasteiger partial charge in [0.2, 0.25) is 5.78 Å². The van der Waals surface area contributed by atoms with Crippen molar-refractivity contribution in [3.05, 3.63) is 58.8 Å². The van der Waals surface area contributed by atoms with E-state index in [0.29, 0.717) is 17.1 Å². The van der Waals surface area contributed by atoms with Gasteiger partial charge in [-0.1, -0.05) is 0 Å². The number of carbonyl (C=O) groups is 2. The van der Waals surface area contributed by atoms with E-state index in [9.17, 15) is 9.59 Å². The van der Waals surface area contributed by atoms with E-state index in [1.54, 1.807) is 24.5 Å². The van der Waals surface area contributed by atoms with Crippen LogP contribution in [-0.2, 0) is 28.8 Å². The first-order valence-electron chi connectivity index (χ1n) is 9.51. The molecule has 2 aromatic carbocycles. The van der Waals surface area contributed by atoms with Gasteiger partial charge in [-0.2, -0.15) is 0 Å². The van der Waals surface area contributed by atoms with Crippen LogP contribution in [-0.4, -0.2) is 32.6 Å². The van der Waals surface area contributed by atoms with Crippen LogP contribution in [0.4, 0.5) is 0 Å². The normalized spacial score (nSPS) is 12.6. The van der Waals surface area contributed by atoms with Crippen molar-refractivity contribution in [2.75, 3.05) is 20.8 Å². The maximum atomic E-state index is 12.5. The molecular weight excluding hydrogens is 372 g/mol. The minimum atomic E-state index is -0.483. The second kappa shape index (κ2) is 7.99. The second-order valence-corrected chi connectivity index (χ2v) is 7.06. The highest BCUT2D eigenvalue weighted by Crippen LogP contribution is 2.30. The molecule has 0 spiro atoms. The van der Waals surface area contributed by atoms with Crippen LogP contribution in [0.3, 0.4) is 0 Å². The molecule has 150 valence electrons. The van der Waals surface area contributed by atoms with Crippen LogP contribution >= 0.6 is 0 Å². The zero-order valence-electron chi connectivity index (χ0n) is 16.4. The summed E-state index contributed by atoms with van der Waals surface area (Å²) in [5.74, 6) is 0.0896. The quantitative estimate of drug-likeness (QED) is 0.447. The lowest BCUT2D eigenvalue weighted by Crippen LogP contribution is -2.16. The van der Waals surface area contributed by atoms with Crippen molar-refractivity contribution in [1.29, 1.82) is 0 Å². The number of Topliss-reactive ketones (excluding diaryl/α,β-unsaturated/α-hetero) is 1. The van der Waals surface area contributed by atoms with Crippen LogP contribution in [0.1, 0.15) is 33.5 Å². The van der Waals surface area contributed by atoms with E-state index in [4.69, 9.17) is 18.6 Å². The molecule has 6 nitrogen and oxygen atoms in total. The molecule has 0 unspecified atom stereocenters. The van der Waals surface area contributed by atoms with Gasteiger partial charge in [-0.25, -0.2) is 0 Å². The lowest BCUT2D eigenvalue weighted by molar-refractivity contribution is -0.141. The van der Waals surface area contributed by atoms with Crippen LogP contribution in [0, 0.1) is 0 Å². The third-order valence-corrected chi connectivity index (χ3v) is 5.27. The highest BCUT2D eigenvalue weighted by molar-refractivity contribution is 6.01. The predicted molar refractivity (Wildman–Crippen MR) is 107 cm³/mol. The number of esters is 1. The van der Waals surface area contributed by atoms with E-state index in [-0.39, 0.29) is 18.8 Å². The van der Waals surface area contributed by atoms with E-state index >= 15 is 0 Å². The molecule has 0 fully saturated rings. The third kappa shape index (κ3) is 3.83. The molecule has 3 aromatic rings. The van der Waals surface area contributed by atoms with Gasteiger partial charge in [0, 0.05) is 10.9 Å². The molecule has 1 aliphatic carbocycles. The molecule has 0 aliphatic heterocycles. The molecule has 0 radical (unpaired) electrons. The molecule has 0 saturated carbocycles. The number of aryl methyl sites for hydroxylation is 2. The molecule has 0 N–H and O–H groups in total. The average Bonchev–Trinajstić information content (AvgIpc) is 3.36. The van der Waals surface area contributed by atoms with Gasteiger partial charge in [0.05, 0.1) is 32.5 Å². The summed E-state index contributed by atoms with van der Waals surface area (Å²) < 4.78 is 21.2. The van der Waals surface area contributed by atoms with Gasteiger partial charge in [-0.3, -0.25) is 9.59 Å². The minimum Gasteiger partial charge on any atom is -0.497 e. The van der Waals surface area contributed by atoms with Gasteiger partial charge in [0.25, 0.3) is 0 Å². The van der Waals surface area contributed by atoms with Crippen molar-refractivity contribution in [2.24, 2.45) is 0 Å². The van der Waals surface area contributed by atoms with Gasteiger partial charge in [-0.05, 0) is 60.7 Å². The Kier molecular flexibility index (Phi) is 5.25. The maximum absolute atomic E-state index is 12.5. The van der Waals surface area contributed by atoms with Crippen LogP contribution < -0.4 is 9.47 Å². The van der Waals surface area contributed by atoms with Crippen molar-refractivity contribution in [1.82, 2.24) is 0 Å². The van der Waals surface area contributed by atoms with E-state index in [2.05, 4.69) is 12.1 Å². The number of methoxy groups -OCH3 is 2. The van der Waals surface area contributed by atoms with Gasteiger partial charge in [0.15, 0.2) is 6.61 Å². The fourth-order valence-corrected chi connectivity index (χ4v) is 3.75. The molecule has 6 heteroatoms. The van der Waals surface area contributed by atoms with Crippen LogP contribution in [0.5, 0.6) is 11.5 Å². The van der Waals surface area contributed by atoms with Crippen LogP contribution in [0.25, 0.3) is 11.0 Å². The maximum Gasteiger partial charge on any atom is 0.310 e. The Morgan fingerprint density at radius 2 is 1.83 bits per heavy atom. The SMILES string of the molecule is COc1ccc(OC)c(C(=O)COC(=O)Cc2coc3cc4c(cc23)CCC4)c1. The standard InChI is InChI=1S/C23H22O6/c1-26-17-6-7-21(27-2)19(11-17)20(24)13-29-23(25)10-16-12-28-22-9-15-5-3-4-14(15)8-18(16)22/h6-9,11-12H,3-5,10,13H2,1-2H3. The lowest BCUT2D eigenvalue weighted by atomic mass is 10.0. The number of carbonyl (C=O) groups excluding carboxylic acids is 2. The number of fused-ring (bicyclic) bond motifs is 2. The minimum absolute atomic E-state index is 0.0499. The molecule has 1 aliphatic rings. The molecular formula is C23H22O6. The summed E-state index contributed by atoms with van der Waals surface area (Å²) in [4.78, 5) is 24.8. The number of benzene rings is 2. The number of hydrogen-bond acceptors (Lipinski definition) is 6. The van der Waals surface area contributed by atoms with E-state index in [1.807, 2.05) is 0 Å². The summed E-state index contributed by atoms with van der Waals surface area (Å²) in [6, 6.07) is 9.08. The zero-order valence-corrected chi connectivity index (χ0v) is 16.4. The Labute approximate surface area is 168 Å². The van der Waals surface area contributed by atoms with Crippen molar-refractivity contribution in [3.8, 4) is 11.5 Å². The van der Waals surface area contributed by atoms with Gasteiger partial charge in [0.1, 0.15) is 17.1 Å². The van der Waals surface area contributed by atoms with Gasteiger partial charge >= 0.3 is 5.97 Å². The summed E-state index contributed by atoms with van der Waals surface area (Å²) >= 11 is 0. The zero-order chi connectivity index (χ0) is 20.4. The fourth-order valence-electron chi connectivity index (χ4n) is 3.75. The van der Waals surface area contributed by atoms with Crippen LogP contribution in [0.15, 0.2) is 41.0 Å². The Balaban J connectivity index is 1.43. The number of furan rings is 1. The topological polar surface area (TPSA) is 75.0 Å². The number of ether oxygens (including phenoxy) is 3. The molecule has 0 bridgehead atoms. The second-order valence-electron chi connectivity index (χ2n) is 7.06. The molecule has 0 saturated heterocycles. The van der Waals surface area contributed by atoms with Crippen molar-refractivity contribution in [2.45, 2.75) is 25.7 Å². The monoisotopic (exact) mass is 394 g/mol. The first kappa shape index (κ1) is 19.1. The number of rotatable bonds is 7. The summed E-state index contributed by atoms with van der Waals surface area (Å²) in [5.41, 5.74) is 4.49. The summed E-state index contributed by atoms with van der Waals surface area (Å²) in [6.45, 7) is -0.368. The smallest absolute Gasteiger partial charge is 0.310 e. The molecule has 0 amide bonds.